The van der Waals surface area contributed by atoms with Gasteiger partial charge in [-0.05, 0) is 32.1 Å². The highest BCUT2D eigenvalue weighted by molar-refractivity contribution is 5.91. The first-order valence-electron chi connectivity index (χ1n) is 10.9. The summed E-state index contributed by atoms with van der Waals surface area (Å²) in [5.74, 6) is 1.09. The highest BCUT2D eigenvalue weighted by atomic mass is 16.5. The van der Waals surface area contributed by atoms with E-state index < -0.39 is 0 Å². The van der Waals surface area contributed by atoms with Crippen molar-refractivity contribution < 1.29 is 13.8 Å². The van der Waals surface area contributed by atoms with E-state index in [0.717, 1.165) is 44.3 Å². The maximum Gasteiger partial charge on any atom is 0.295 e. The second kappa shape index (κ2) is 8.88. The number of rotatable bonds is 6. The molecule has 0 radical (unpaired) electrons. The van der Waals surface area contributed by atoms with Crippen LogP contribution in [0.4, 0.5) is 0 Å². The third-order valence-corrected chi connectivity index (χ3v) is 6.06. The molecular weight excluding hydrogens is 356 g/mol. The topological polar surface area (TPSA) is 85.3 Å². The first-order chi connectivity index (χ1) is 13.8. The van der Waals surface area contributed by atoms with Gasteiger partial charge in [0.1, 0.15) is 5.76 Å². The lowest BCUT2D eigenvalue weighted by Crippen LogP contribution is -2.49. The Balaban J connectivity index is 1.54. The predicted octanol–water partition coefficient (Wildman–Crippen LogP) is 4.78. The van der Waals surface area contributed by atoms with Crippen LogP contribution in [0.5, 0.6) is 0 Å². The normalized spacial score (nSPS) is 19.0. The van der Waals surface area contributed by atoms with Gasteiger partial charge in [0.25, 0.3) is 17.6 Å². The molecule has 152 valence electrons. The minimum Gasteiger partial charge on any atom is -0.361 e. The van der Waals surface area contributed by atoms with E-state index in [1.165, 1.54) is 38.5 Å². The molecule has 7 nitrogen and oxygen atoms in total. The van der Waals surface area contributed by atoms with Crippen molar-refractivity contribution in [1.82, 2.24) is 20.2 Å². The summed E-state index contributed by atoms with van der Waals surface area (Å²) in [6, 6.07) is 2.41. The number of carbonyl (C=O) groups is 1. The number of aryl methyl sites for hydroxylation is 1. The van der Waals surface area contributed by atoms with Crippen molar-refractivity contribution in [3.63, 3.8) is 0 Å². The van der Waals surface area contributed by atoms with Crippen molar-refractivity contribution in [2.45, 2.75) is 96.1 Å². The molecule has 2 saturated carbocycles. The molecule has 2 aliphatic rings. The molecule has 1 amide bonds. The summed E-state index contributed by atoms with van der Waals surface area (Å²) in [6.45, 7) is 2.08. The fourth-order valence-electron chi connectivity index (χ4n) is 4.66. The Labute approximate surface area is 165 Å². The van der Waals surface area contributed by atoms with Crippen LogP contribution >= 0.6 is 0 Å². The van der Waals surface area contributed by atoms with Crippen LogP contribution in [0.2, 0.25) is 0 Å². The summed E-state index contributed by atoms with van der Waals surface area (Å²) in [5.41, 5.74) is 0.497. The Hall–Kier alpha value is -2.18. The second-order valence-electron chi connectivity index (χ2n) is 8.15. The van der Waals surface area contributed by atoms with Gasteiger partial charge in [-0.15, -0.1) is 0 Å². The van der Waals surface area contributed by atoms with E-state index in [9.17, 15) is 4.79 Å². The minimum atomic E-state index is -0.0916. The van der Waals surface area contributed by atoms with Crippen LogP contribution in [0.3, 0.4) is 0 Å². The van der Waals surface area contributed by atoms with Crippen molar-refractivity contribution >= 4 is 5.91 Å². The summed E-state index contributed by atoms with van der Waals surface area (Å²) in [5, 5.41) is 8.01. The molecule has 28 heavy (non-hydrogen) atoms. The quantitative estimate of drug-likeness (QED) is 0.710. The van der Waals surface area contributed by atoms with Crippen LogP contribution in [-0.4, -0.2) is 38.2 Å². The summed E-state index contributed by atoms with van der Waals surface area (Å²) >= 11 is 0. The van der Waals surface area contributed by atoms with E-state index in [-0.39, 0.29) is 17.6 Å². The number of amides is 1. The zero-order valence-corrected chi connectivity index (χ0v) is 16.7. The van der Waals surface area contributed by atoms with Gasteiger partial charge in [-0.25, -0.2) is 0 Å². The number of hydrogen-bond donors (Lipinski definition) is 0. The Morgan fingerprint density at radius 3 is 2.25 bits per heavy atom. The third kappa shape index (κ3) is 4.13. The molecule has 2 aromatic rings. The zero-order chi connectivity index (χ0) is 19.3. The summed E-state index contributed by atoms with van der Waals surface area (Å²) < 4.78 is 10.7. The number of nitrogens with zero attached hydrogens (tertiary/aromatic N) is 4. The highest BCUT2D eigenvalue weighted by Gasteiger charge is 2.35. The van der Waals surface area contributed by atoms with E-state index >= 15 is 0 Å². The van der Waals surface area contributed by atoms with Gasteiger partial charge in [-0.1, -0.05) is 55.8 Å². The molecule has 0 aliphatic heterocycles. The fraction of sp³-hybridized carbons (Fsp3) is 0.714. The minimum absolute atomic E-state index is 0.0916. The SMILES string of the molecule is CCCc1cc(-c2nc(C(=O)N(C3CCCCC3)C3CCCCC3)no2)no1. The number of carbonyl (C=O) groups excluding carboxylic acids is 1. The van der Waals surface area contributed by atoms with Crippen molar-refractivity contribution in [3.05, 3.63) is 17.7 Å². The Morgan fingerprint density at radius 2 is 1.64 bits per heavy atom. The molecule has 0 bridgehead atoms. The average Bonchev–Trinajstić information content (AvgIpc) is 3.40. The fourth-order valence-corrected chi connectivity index (χ4v) is 4.66. The lowest BCUT2D eigenvalue weighted by atomic mass is 9.88. The molecule has 0 aromatic carbocycles. The van der Waals surface area contributed by atoms with E-state index in [2.05, 4.69) is 27.1 Å². The number of hydrogen-bond acceptors (Lipinski definition) is 6. The van der Waals surface area contributed by atoms with Gasteiger partial charge < -0.3 is 13.9 Å². The highest BCUT2D eigenvalue weighted by Crippen LogP contribution is 2.31. The molecule has 2 heterocycles. The molecule has 4 rings (SSSR count). The molecule has 2 fully saturated rings. The van der Waals surface area contributed by atoms with E-state index in [0.29, 0.717) is 17.8 Å². The van der Waals surface area contributed by atoms with Gasteiger partial charge in [-0.3, -0.25) is 4.79 Å². The summed E-state index contributed by atoms with van der Waals surface area (Å²) in [7, 11) is 0. The van der Waals surface area contributed by atoms with Crippen molar-refractivity contribution in [2.75, 3.05) is 0 Å². The molecule has 2 aliphatic carbocycles. The smallest absolute Gasteiger partial charge is 0.295 e. The average molecular weight is 386 g/mol. The monoisotopic (exact) mass is 386 g/mol. The van der Waals surface area contributed by atoms with Crippen LogP contribution in [0, 0.1) is 0 Å². The predicted molar refractivity (Wildman–Crippen MR) is 104 cm³/mol. The van der Waals surface area contributed by atoms with E-state index in [1.54, 1.807) is 0 Å². The van der Waals surface area contributed by atoms with Crippen molar-refractivity contribution in [3.8, 4) is 11.6 Å². The molecule has 0 saturated heterocycles. The molecular formula is C21H30N4O3. The Bertz CT molecular complexity index is 754. The van der Waals surface area contributed by atoms with Crippen LogP contribution < -0.4 is 0 Å². The molecule has 0 N–H and O–H groups in total. The Kier molecular flexibility index (Phi) is 6.07. The zero-order valence-electron chi connectivity index (χ0n) is 16.7. The van der Waals surface area contributed by atoms with Gasteiger partial charge in [0.05, 0.1) is 0 Å². The van der Waals surface area contributed by atoms with Gasteiger partial charge in [-0.2, -0.15) is 4.98 Å². The van der Waals surface area contributed by atoms with Gasteiger partial charge in [0.2, 0.25) is 0 Å². The summed E-state index contributed by atoms with van der Waals surface area (Å²) in [6.07, 6.45) is 13.4. The van der Waals surface area contributed by atoms with Crippen LogP contribution in [0.1, 0.15) is 93.9 Å². The van der Waals surface area contributed by atoms with Crippen molar-refractivity contribution in [1.29, 1.82) is 0 Å². The molecule has 0 spiro atoms. The van der Waals surface area contributed by atoms with Crippen LogP contribution in [-0.2, 0) is 6.42 Å². The molecule has 2 aromatic heterocycles. The largest absolute Gasteiger partial charge is 0.361 e. The number of aromatic nitrogens is 3. The maximum atomic E-state index is 13.4. The van der Waals surface area contributed by atoms with Crippen molar-refractivity contribution in [2.24, 2.45) is 0 Å². The standard InChI is InChI=1S/C21H30N4O3/c1-2-9-17-14-18(23-27-17)20-22-19(24-28-20)21(26)25(15-10-5-3-6-11-15)16-12-7-4-8-13-16/h14-16H,2-13H2,1H3. The van der Waals surface area contributed by atoms with Gasteiger partial charge in [0.15, 0.2) is 5.69 Å². The lowest BCUT2D eigenvalue weighted by molar-refractivity contribution is 0.0433. The van der Waals surface area contributed by atoms with Gasteiger partial charge in [0, 0.05) is 24.6 Å². The maximum absolute atomic E-state index is 13.4. The first-order valence-corrected chi connectivity index (χ1v) is 10.9. The lowest BCUT2D eigenvalue weighted by Gasteiger charge is -2.41. The molecule has 0 atom stereocenters. The first kappa shape index (κ1) is 19.2. The third-order valence-electron chi connectivity index (χ3n) is 6.06. The molecule has 0 unspecified atom stereocenters. The van der Waals surface area contributed by atoms with Crippen LogP contribution in [0.25, 0.3) is 11.6 Å². The van der Waals surface area contributed by atoms with Crippen LogP contribution in [0.15, 0.2) is 15.1 Å². The van der Waals surface area contributed by atoms with Gasteiger partial charge >= 0.3 is 0 Å². The Morgan fingerprint density at radius 1 is 1.00 bits per heavy atom. The molecule has 7 heteroatoms. The second-order valence-corrected chi connectivity index (χ2v) is 8.15. The van der Waals surface area contributed by atoms with E-state index in [1.807, 2.05) is 6.07 Å². The summed E-state index contributed by atoms with van der Waals surface area (Å²) in [4.78, 5) is 19.9. The van der Waals surface area contributed by atoms with E-state index in [4.69, 9.17) is 9.05 Å².